The van der Waals surface area contributed by atoms with Gasteiger partial charge in [0.25, 0.3) is 0 Å². The molecule has 0 bridgehead atoms. The van der Waals surface area contributed by atoms with E-state index in [-0.39, 0.29) is 0 Å². The van der Waals surface area contributed by atoms with Gasteiger partial charge in [0.2, 0.25) is 0 Å². The van der Waals surface area contributed by atoms with Crippen molar-refractivity contribution in [2.75, 3.05) is 0 Å². The van der Waals surface area contributed by atoms with Crippen LogP contribution in [0.25, 0.3) is 16.6 Å². The molecule has 0 spiro atoms. The summed E-state index contributed by atoms with van der Waals surface area (Å²) in [5, 5.41) is 1.09. The fourth-order valence-electron chi connectivity index (χ4n) is 2.28. The lowest BCUT2D eigenvalue weighted by Crippen LogP contribution is -2.14. The lowest BCUT2D eigenvalue weighted by atomic mass is 10.1. The Kier molecular flexibility index (Phi) is 2.80. The SMILES string of the molecule is Cc1cc(-n2cccc2C(N)=S)c2ccccc2n1. The highest BCUT2D eigenvalue weighted by molar-refractivity contribution is 7.80. The molecule has 4 heteroatoms. The van der Waals surface area contributed by atoms with Crippen molar-refractivity contribution >= 4 is 28.1 Å². The molecule has 1 aromatic carbocycles. The number of fused-ring (bicyclic) bond motifs is 1. The summed E-state index contributed by atoms with van der Waals surface area (Å²) in [6.45, 7) is 1.99. The second-order valence-electron chi connectivity index (χ2n) is 4.43. The van der Waals surface area contributed by atoms with E-state index in [1.54, 1.807) is 0 Å². The van der Waals surface area contributed by atoms with Crippen molar-refractivity contribution in [3.8, 4) is 5.69 Å². The second kappa shape index (κ2) is 4.48. The predicted octanol–water partition coefficient (Wildman–Crippen LogP) is 2.97. The minimum Gasteiger partial charge on any atom is -0.388 e. The summed E-state index contributed by atoms with van der Waals surface area (Å²) in [6.07, 6.45) is 1.97. The average Bonchev–Trinajstić information content (AvgIpc) is 2.86. The number of aryl methyl sites for hydroxylation is 1. The molecule has 0 radical (unpaired) electrons. The number of thiocarbonyl (C=S) groups is 1. The van der Waals surface area contributed by atoms with E-state index in [1.165, 1.54) is 0 Å². The van der Waals surface area contributed by atoms with E-state index in [0.717, 1.165) is 28.0 Å². The van der Waals surface area contributed by atoms with Crippen molar-refractivity contribution < 1.29 is 0 Å². The largest absolute Gasteiger partial charge is 0.388 e. The highest BCUT2D eigenvalue weighted by Gasteiger charge is 2.10. The summed E-state index contributed by atoms with van der Waals surface area (Å²) in [4.78, 5) is 4.94. The molecule has 2 heterocycles. The summed E-state index contributed by atoms with van der Waals surface area (Å²) in [6, 6.07) is 14.0. The van der Waals surface area contributed by atoms with Crippen LogP contribution in [0, 0.1) is 6.92 Å². The third-order valence-electron chi connectivity index (χ3n) is 3.08. The number of pyridine rings is 1. The van der Waals surface area contributed by atoms with Gasteiger partial charge in [0.15, 0.2) is 0 Å². The zero-order valence-electron chi connectivity index (χ0n) is 10.5. The Balaban J connectivity index is 2.36. The van der Waals surface area contributed by atoms with Crippen LogP contribution < -0.4 is 5.73 Å². The molecule has 0 fully saturated rings. The molecule has 0 amide bonds. The molecule has 0 unspecified atom stereocenters. The minimum absolute atomic E-state index is 0.392. The lowest BCUT2D eigenvalue weighted by Gasteiger charge is -2.12. The molecule has 0 atom stereocenters. The van der Waals surface area contributed by atoms with Crippen molar-refractivity contribution in [1.82, 2.24) is 9.55 Å². The molecule has 0 aliphatic heterocycles. The molecule has 19 heavy (non-hydrogen) atoms. The van der Waals surface area contributed by atoms with E-state index < -0.39 is 0 Å². The van der Waals surface area contributed by atoms with Crippen molar-refractivity contribution in [2.24, 2.45) is 5.73 Å². The predicted molar refractivity (Wildman–Crippen MR) is 81.7 cm³/mol. The van der Waals surface area contributed by atoms with Gasteiger partial charge in [0, 0.05) is 17.3 Å². The Morgan fingerprint density at radius 3 is 2.79 bits per heavy atom. The van der Waals surface area contributed by atoms with Crippen LogP contribution in [0.1, 0.15) is 11.4 Å². The number of rotatable bonds is 2. The number of aromatic nitrogens is 2. The van der Waals surface area contributed by atoms with Crippen molar-refractivity contribution in [1.29, 1.82) is 0 Å². The third kappa shape index (κ3) is 2.00. The highest BCUT2D eigenvalue weighted by Crippen LogP contribution is 2.23. The first-order valence-electron chi connectivity index (χ1n) is 6.01. The number of benzene rings is 1. The Hall–Kier alpha value is -2.20. The van der Waals surface area contributed by atoms with Crippen LogP contribution in [0.2, 0.25) is 0 Å². The summed E-state index contributed by atoms with van der Waals surface area (Å²) >= 11 is 5.10. The number of para-hydroxylation sites is 1. The summed E-state index contributed by atoms with van der Waals surface area (Å²) in [5.41, 5.74) is 9.60. The summed E-state index contributed by atoms with van der Waals surface area (Å²) in [7, 11) is 0. The first-order valence-corrected chi connectivity index (χ1v) is 6.41. The molecule has 0 saturated carbocycles. The molecular weight excluding hydrogens is 254 g/mol. The van der Waals surface area contributed by atoms with Crippen LogP contribution in [0.4, 0.5) is 0 Å². The number of nitrogens with zero attached hydrogens (tertiary/aromatic N) is 2. The standard InChI is InChI=1S/C15H13N3S/c1-10-9-14(11-5-2-3-6-12(11)17-10)18-8-4-7-13(18)15(16)19/h2-9H,1H3,(H2,16,19). The summed E-state index contributed by atoms with van der Waals surface area (Å²) < 4.78 is 2.01. The fraction of sp³-hybridized carbons (Fsp3) is 0.0667. The molecule has 0 aliphatic carbocycles. The molecule has 2 N–H and O–H groups in total. The maximum Gasteiger partial charge on any atom is 0.121 e. The van der Waals surface area contributed by atoms with Crippen LogP contribution in [0.3, 0.4) is 0 Å². The lowest BCUT2D eigenvalue weighted by molar-refractivity contribution is 1.06. The fourth-order valence-corrected chi connectivity index (χ4v) is 2.44. The average molecular weight is 267 g/mol. The molecule has 94 valence electrons. The van der Waals surface area contributed by atoms with Gasteiger partial charge in [0.1, 0.15) is 4.99 Å². The molecular formula is C15H13N3S. The molecule has 0 aliphatic rings. The van der Waals surface area contributed by atoms with Gasteiger partial charge in [-0.15, -0.1) is 0 Å². The summed E-state index contributed by atoms with van der Waals surface area (Å²) in [5.74, 6) is 0. The van der Waals surface area contributed by atoms with Gasteiger partial charge in [-0.1, -0.05) is 30.4 Å². The highest BCUT2D eigenvalue weighted by atomic mass is 32.1. The quantitative estimate of drug-likeness (QED) is 0.726. The first kappa shape index (κ1) is 11.9. The van der Waals surface area contributed by atoms with E-state index in [2.05, 4.69) is 11.1 Å². The Morgan fingerprint density at radius 1 is 1.21 bits per heavy atom. The van der Waals surface area contributed by atoms with Crippen LogP contribution >= 0.6 is 12.2 Å². The van der Waals surface area contributed by atoms with Crippen LogP contribution in [0.5, 0.6) is 0 Å². The number of hydrogen-bond acceptors (Lipinski definition) is 2. The Bertz CT molecular complexity index is 774. The van der Waals surface area contributed by atoms with E-state index in [0.29, 0.717) is 4.99 Å². The number of nitrogens with two attached hydrogens (primary N) is 1. The smallest absolute Gasteiger partial charge is 0.121 e. The van der Waals surface area contributed by atoms with Crippen molar-refractivity contribution in [2.45, 2.75) is 6.92 Å². The molecule has 3 rings (SSSR count). The second-order valence-corrected chi connectivity index (χ2v) is 4.87. The van der Waals surface area contributed by atoms with Gasteiger partial charge < -0.3 is 10.3 Å². The van der Waals surface area contributed by atoms with Gasteiger partial charge in [-0.3, -0.25) is 4.98 Å². The maximum atomic E-state index is 5.77. The van der Waals surface area contributed by atoms with Crippen LogP contribution in [-0.4, -0.2) is 14.5 Å². The minimum atomic E-state index is 0.392. The molecule has 3 nitrogen and oxygen atoms in total. The molecule has 0 saturated heterocycles. The van der Waals surface area contributed by atoms with E-state index >= 15 is 0 Å². The van der Waals surface area contributed by atoms with Gasteiger partial charge in [0.05, 0.1) is 16.9 Å². The first-order chi connectivity index (χ1) is 9.16. The van der Waals surface area contributed by atoms with Crippen molar-refractivity contribution in [3.05, 3.63) is 60.0 Å². The normalized spacial score (nSPS) is 10.8. The molecule has 2 aromatic heterocycles. The monoisotopic (exact) mass is 267 g/mol. The zero-order chi connectivity index (χ0) is 13.4. The van der Waals surface area contributed by atoms with E-state index in [9.17, 15) is 0 Å². The Labute approximate surface area is 116 Å². The van der Waals surface area contributed by atoms with E-state index in [4.69, 9.17) is 18.0 Å². The van der Waals surface area contributed by atoms with Crippen LogP contribution in [0.15, 0.2) is 48.7 Å². The van der Waals surface area contributed by atoms with Gasteiger partial charge in [-0.2, -0.15) is 0 Å². The van der Waals surface area contributed by atoms with Crippen molar-refractivity contribution in [3.63, 3.8) is 0 Å². The number of hydrogen-bond donors (Lipinski definition) is 1. The van der Waals surface area contributed by atoms with Gasteiger partial charge in [-0.05, 0) is 31.2 Å². The molecule has 3 aromatic rings. The van der Waals surface area contributed by atoms with E-state index in [1.807, 2.05) is 54.1 Å². The third-order valence-corrected chi connectivity index (χ3v) is 3.29. The zero-order valence-corrected chi connectivity index (χ0v) is 11.3. The van der Waals surface area contributed by atoms with Crippen LogP contribution in [-0.2, 0) is 0 Å². The maximum absolute atomic E-state index is 5.77. The topological polar surface area (TPSA) is 43.8 Å². The van der Waals surface area contributed by atoms with Gasteiger partial charge in [-0.25, -0.2) is 0 Å². The van der Waals surface area contributed by atoms with Gasteiger partial charge >= 0.3 is 0 Å². The Morgan fingerprint density at radius 2 is 2.00 bits per heavy atom.